The number of thiophene rings is 1. The number of fused-ring (bicyclic) bond motifs is 1. The second-order valence-corrected chi connectivity index (χ2v) is 8.48. The van der Waals surface area contributed by atoms with Crippen molar-refractivity contribution in [2.45, 2.75) is 32.6 Å². The van der Waals surface area contributed by atoms with E-state index < -0.39 is 11.8 Å². The van der Waals surface area contributed by atoms with Gasteiger partial charge in [-0.2, -0.15) is 20.6 Å². The Morgan fingerprint density at radius 2 is 2.00 bits per heavy atom. The van der Waals surface area contributed by atoms with Crippen molar-refractivity contribution in [1.29, 1.82) is 10.5 Å². The number of anilines is 2. The lowest BCUT2D eigenvalue weighted by molar-refractivity contribution is -0.118. The lowest BCUT2D eigenvalue weighted by Crippen LogP contribution is -2.27. The van der Waals surface area contributed by atoms with E-state index >= 15 is 0 Å². The van der Waals surface area contributed by atoms with Gasteiger partial charge in [-0.25, -0.2) is 0 Å². The standard InChI is InChI=1S/C23H19N5O2S/c1-14-18(23(30)28(27-14)16-7-3-2-4-8-16)11-15(12-24)21(29)26-22-19(13-25)17-9-5-6-10-20(17)31-22/h2-4,7-8,11,18H,5-6,9-10H2,1H3,(H,26,29)/b15-11-. The summed E-state index contributed by atoms with van der Waals surface area (Å²) in [7, 11) is 0. The first kappa shape index (κ1) is 20.5. The number of carbonyl (C=O) groups is 2. The number of benzene rings is 1. The van der Waals surface area contributed by atoms with Crippen molar-refractivity contribution in [3.8, 4) is 12.1 Å². The molecule has 4 rings (SSSR count). The maximum absolute atomic E-state index is 12.9. The smallest absolute Gasteiger partial charge is 0.266 e. The van der Waals surface area contributed by atoms with Gasteiger partial charge in [0.2, 0.25) is 0 Å². The predicted molar refractivity (Wildman–Crippen MR) is 119 cm³/mol. The van der Waals surface area contributed by atoms with Crippen LogP contribution in [0.1, 0.15) is 35.8 Å². The molecule has 8 heteroatoms. The van der Waals surface area contributed by atoms with Crippen LogP contribution in [0.3, 0.4) is 0 Å². The fourth-order valence-electron chi connectivity index (χ4n) is 3.80. The maximum Gasteiger partial charge on any atom is 0.266 e. The number of nitriles is 2. The van der Waals surface area contributed by atoms with Crippen LogP contribution >= 0.6 is 11.3 Å². The van der Waals surface area contributed by atoms with E-state index in [-0.39, 0.29) is 11.5 Å². The molecule has 31 heavy (non-hydrogen) atoms. The fraction of sp³-hybridized carbons (Fsp3) is 0.261. The molecule has 1 atom stereocenters. The van der Waals surface area contributed by atoms with Gasteiger partial charge in [0.1, 0.15) is 22.7 Å². The molecular weight excluding hydrogens is 410 g/mol. The number of aryl methyl sites for hydroxylation is 1. The molecule has 2 aromatic rings. The van der Waals surface area contributed by atoms with E-state index in [0.717, 1.165) is 36.1 Å². The minimum Gasteiger partial charge on any atom is -0.312 e. The molecule has 1 N–H and O–H groups in total. The van der Waals surface area contributed by atoms with Crippen LogP contribution in [0.4, 0.5) is 10.7 Å². The normalized spacial score (nSPS) is 18.1. The van der Waals surface area contributed by atoms with Crippen LogP contribution in [-0.2, 0) is 22.4 Å². The Morgan fingerprint density at radius 1 is 1.26 bits per heavy atom. The van der Waals surface area contributed by atoms with Crippen LogP contribution in [0.2, 0.25) is 0 Å². The van der Waals surface area contributed by atoms with E-state index in [1.54, 1.807) is 31.2 Å². The summed E-state index contributed by atoms with van der Waals surface area (Å²) in [6.45, 7) is 1.69. The Hall–Kier alpha value is -3.75. The average molecular weight is 430 g/mol. The Balaban J connectivity index is 1.57. The molecule has 0 spiro atoms. The molecule has 2 aliphatic rings. The monoisotopic (exact) mass is 429 g/mol. The molecule has 1 aliphatic carbocycles. The van der Waals surface area contributed by atoms with Gasteiger partial charge in [-0.05, 0) is 56.4 Å². The lowest BCUT2D eigenvalue weighted by atomic mass is 9.96. The third-order valence-corrected chi connectivity index (χ3v) is 6.60. The van der Waals surface area contributed by atoms with E-state index in [2.05, 4.69) is 16.5 Å². The first-order valence-electron chi connectivity index (χ1n) is 9.95. The van der Waals surface area contributed by atoms with Gasteiger partial charge in [-0.3, -0.25) is 9.59 Å². The number of hydrogen-bond acceptors (Lipinski definition) is 6. The van der Waals surface area contributed by atoms with Gasteiger partial charge >= 0.3 is 0 Å². The number of rotatable bonds is 4. The summed E-state index contributed by atoms with van der Waals surface area (Å²) in [5, 5.41) is 27.9. The quantitative estimate of drug-likeness (QED) is 0.586. The molecule has 1 aliphatic heterocycles. The molecular formula is C23H19N5O2S. The summed E-state index contributed by atoms with van der Waals surface area (Å²) in [6.07, 6.45) is 5.16. The minimum absolute atomic E-state index is 0.182. The van der Waals surface area contributed by atoms with Crippen molar-refractivity contribution >= 4 is 39.6 Å². The Kier molecular flexibility index (Phi) is 5.66. The van der Waals surface area contributed by atoms with E-state index in [1.165, 1.54) is 22.4 Å². The minimum atomic E-state index is -0.799. The summed E-state index contributed by atoms with van der Waals surface area (Å²) in [5.74, 6) is -1.75. The fourth-order valence-corrected chi connectivity index (χ4v) is 5.03. The zero-order valence-corrected chi connectivity index (χ0v) is 17.7. The van der Waals surface area contributed by atoms with Crippen LogP contribution in [-0.4, -0.2) is 17.5 Å². The molecule has 0 radical (unpaired) electrons. The van der Waals surface area contributed by atoms with E-state index in [0.29, 0.717) is 22.0 Å². The topological polar surface area (TPSA) is 109 Å². The van der Waals surface area contributed by atoms with E-state index in [1.807, 2.05) is 12.1 Å². The van der Waals surface area contributed by atoms with Crippen LogP contribution in [0, 0.1) is 28.6 Å². The number of amides is 2. The number of hydrogen-bond donors (Lipinski definition) is 1. The number of nitrogens with one attached hydrogen (secondary N) is 1. The second-order valence-electron chi connectivity index (χ2n) is 7.38. The number of hydrazone groups is 1. The highest BCUT2D eigenvalue weighted by atomic mass is 32.1. The number of nitrogens with zero attached hydrogens (tertiary/aromatic N) is 4. The van der Waals surface area contributed by atoms with Crippen molar-refractivity contribution in [3.05, 3.63) is 58.0 Å². The van der Waals surface area contributed by atoms with Crippen molar-refractivity contribution in [3.63, 3.8) is 0 Å². The van der Waals surface area contributed by atoms with Gasteiger partial charge in [0.25, 0.3) is 11.8 Å². The Labute approximate surface area is 183 Å². The average Bonchev–Trinajstić information content (AvgIpc) is 3.28. The Morgan fingerprint density at radius 3 is 2.71 bits per heavy atom. The highest BCUT2D eigenvalue weighted by Gasteiger charge is 2.34. The molecule has 0 fully saturated rings. The maximum atomic E-state index is 12.9. The molecule has 2 heterocycles. The number of carbonyl (C=O) groups excluding carboxylic acids is 2. The van der Waals surface area contributed by atoms with E-state index in [4.69, 9.17) is 0 Å². The molecule has 7 nitrogen and oxygen atoms in total. The zero-order chi connectivity index (χ0) is 22.0. The summed E-state index contributed by atoms with van der Waals surface area (Å²) >= 11 is 1.39. The predicted octanol–water partition coefficient (Wildman–Crippen LogP) is 3.93. The van der Waals surface area contributed by atoms with Crippen LogP contribution in [0.5, 0.6) is 0 Å². The summed E-state index contributed by atoms with van der Waals surface area (Å²) < 4.78 is 0. The second kappa shape index (κ2) is 8.55. The third-order valence-electron chi connectivity index (χ3n) is 5.39. The zero-order valence-electron chi connectivity index (χ0n) is 16.9. The lowest BCUT2D eigenvalue weighted by Gasteiger charge is -2.12. The van der Waals surface area contributed by atoms with Crippen molar-refractivity contribution in [2.75, 3.05) is 10.3 Å². The summed E-state index contributed by atoms with van der Waals surface area (Å²) in [5.41, 5.74) is 2.42. The van der Waals surface area contributed by atoms with Gasteiger partial charge in [0.15, 0.2) is 0 Å². The van der Waals surface area contributed by atoms with Gasteiger partial charge < -0.3 is 5.32 Å². The first-order chi connectivity index (χ1) is 15.0. The van der Waals surface area contributed by atoms with Gasteiger partial charge in [-0.15, -0.1) is 11.3 Å². The number of para-hydroxylation sites is 1. The van der Waals surface area contributed by atoms with Crippen LogP contribution < -0.4 is 10.3 Å². The highest BCUT2D eigenvalue weighted by Crippen LogP contribution is 2.37. The summed E-state index contributed by atoms with van der Waals surface area (Å²) in [6, 6.07) is 13.1. The SMILES string of the molecule is CC1=NN(c2ccccc2)C(=O)C1/C=C(/C#N)C(=O)Nc1sc2c(c1C#N)CCCC2. The first-order valence-corrected chi connectivity index (χ1v) is 10.8. The molecule has 1 aromatic carbocycles. The van der Waals surface area contributed by atoms with E-state index in [9.17, 15) is 20.1 Å². The molecule has 1 aromatic heterocycles. The van der Waals surface area contributed by atoms with Gasteiger partial charge in [0.05, 0.1) is 22.9 Å². The molecule has 0 bridgehead atoms. The van der Waals surface area contributed by atoms with Crippen molar-refractivity contribution in [1.82, 2.24) is 0 Å². The van der Waals surface area contributed by atoms with Crippen LogP contribution in [0.25, 0.3) is 0 Å². The Bertz CT molecular complexity index is 1200. The molecule has 2 amide bonds. The van der Waals surface area contributed by atoms with Crippen LogP contribution in [0.15, 0.2) is 47.1 Å². The van der Waals surface area contributed by atoms with Gasteiger partial charge in [-0.1, -0.05) is 18.2 Å². The molecule has 154 valence electrons. The molecule has 0 saturated carbocycles. The summed E-state index contributed by atoms with van der Waals surface area (Å²) in [4.78, 5) is 26.8. The largest absolute Gasteiger partial charge is 0.312 e. The molecule has 0 saturated heterocycles. The van der Waals surface area contributed by atoms with Gasteiger partial charge in [0, 0.05) is 4.88 Å². The van der Waals surface area contributed by atoms with Crippen molar-refractivity contribution < 1.29 is 9.59 Å². The third kappa shape index (κ3) is 3.86. The van der Waals surface area contributed by atoms with Crippen molar-refractivity contribution in [2.24, 2.45) is 11.0 Å². The highest BCUT2D eigenvalue weighted by molar-refractivity contribution is 7.16. The molecule has 1 unspecified atom stereocenters.